The van der Waals surface area contributed by atoms with E-state index in [9.17, 15) is 9.18 Å². The van der Waals surface area contributed by atoms with Crippen LogP contribution in [0.5, 0.6) is 0 Å². The van der Waals surface area contributed by atoms with Gasteiger partial charge in [0.1, 0.15) is 0 Å². The van der Waals surface area contributed by atoms with Gasteiger partial charge in [-0.15, -0.1) is 0 Å². The summed E-state index contributed by atoms with van der Waals surface area (Å²) >= 11 is 0. The van der Waals surface area contributed by atoms with Crippen LogP contribution in [0.2, 0.25) is 0 Å². The Morgan fingerprint density at radius 3 is 2.88 bits per heavy atom. The molecular weight excluding hydrogens is 221 g/mol. The highest BCUT2D eigenvalue weighted by atomic mass is 19.1. The van der Waals surface area contributed by atoms with Gasteiger partial charge in [0, 0.05) is 18.2 Å². The van der Waals surface area contributed by atoms with Crippen molar-refractivity contribution in [2.75, 3.05) is 0 Å². The summed E-state index contributed by atoms with van der Waals surface area (Å²) in [5.41, 5.74) is 3.32. The fourth-order valence-electron chi connectivity index (χ4n) is 2.21. The van der Waals surface area contributed by atoms with Crippen molar-refractivity contribution in [3.05, 3.63) is 53.1 Å². The van der Waals surface area contributed by atoms with Crippen molar-refractivity contribution < 1.29 is 14.3 Å². The van der Waals surface area contributed by atoms with Gasteiger partial charge in [-0.2, -0.15) is 4.39 Å². The Bertz CT molecular complexity index is 637. The minimum absolute atomic E-state index is 0.227. The number of aromatic carboxylic acids is 1. The molecule has 1 aliphatic carbocycles. The van der Waals surface area contributed by atoms with Crippen molar-refractivity contribution in [1.82, 2.24) is 4.98 Å². The van der Waals surface area contributed by atoms with Gasteiger partial charge in [-0.25, -0.2) is 9.78 Å². The molecule has 1 N–H and O–H groups in total. The van der Waals surface area contributed by atoms with Crippen LogP contribution in [0, 0.1) is 5.95 Å². The van der Waals surface area contributed by atoms with E-state index in [-0.39, 0.29) is 5.56 Å². The summed E-state index contributed by atoms with van der Waals surface area (Å²) in [5, 5.41) is 8.90. The molecular formula is C13H8FNO2. The maximum atomic E-state index is 13.5. The predicted molar refractivity (Wildman–Crippen MR) is 59.4 cm³/mol. The zero-order valence-electron chi connectivity index (χ0n) is 8.77. The third-order valence-corrected chi connectivity index (χ3v) is 3.01. The third-order valence-electron chi connectivity index (χ3n) is 3.01. The molecule has 1 aliphatic rings. The van der Waals surface area contributed by atoms with Crippen LogP contribution in [0.15, 0.2) is 30.5 Å². The van der Waals surface area contributed by atoms with Crippen LogP contribution in [0.4, 0.5) is 4.39 Å². The Morgan fingerprint density at radius 2 is 2.12 bits per heavy atom. The topological polar surface area (TPSA) is 50.2 Å². The molecule has 0 unspecified atom stereocenters. The van der Waals surface area contributed by atoms with Crippen molar-refractivity contribution in [3.63, 3.8) is 0 Å². The normalized spacial score (nSPS) is 12.1. The molecule has 4 heteroatoms. The molecule has 0 spiro atoms. The Kier molecular flexibility index (Phi) is 1.98. The lowest BCUT2D eigenvalue weighted by atomic mass is 10.0. The van der Waals surface area contributed by atoms with Crippen molar-refractivity contribution in [3.8, 4) is 11.1 Å². The highest BCUT2D eigenvalue weighted by Gasteiger charge is 2.22. The van der Waals surface area contributed by atoms with Gasteiger partial charge in [0.25, 0.3) is 0 Å². The highest BCUT2D eigenvalue weighted by molar-refractivity contribution is 5.90. The largest absolute Gasteiger partial charge is 0.478 e. The first-order valence-electron chi connectivity index (χ1n) is 5.17. The molecule has 1 aromatic carbocycles. The number of carboxylic acid groups (broad SMARTS) is 1. The first kappa shape index (κ1) is 9.96. The molecule has 1 heterocycles. The quantitative estimate of drug-likeness (QED) is 0.652. The lowest BCUT2D eigenvalue weighted by Crippen LogP contribution is -1.96. The van der Waals surface area contributed by atoms with Crippen LogP contribution in [0.3, 0.4) is 0 Å². The van der Waals surface area contributed by atoms with E-state index in [1.807, 2.05) is 0 Å². The number of rotatable bonds is 1. The number of halogens is 1. The van der Waals surface area contributed by atoms with Crippen LogP contribution in [-0.2, 0) is 6.42 Å². The molecule has 3 rings (SSSR count). The SMILES string of the molecule is O=C(O)c1ccc2c(c1)Cc1c-2ccnc1F. The molecule has 0 bridgehead atoms. The molecule has 17 heavy (non-hydrogen) atoms. The third kappa shape index (κ3) is 1.41. The number of nitrogens with zero attached hydrogens (tertiary/aromatic N) is 1. The van der Waals surface area contributed by atoms with Crippen molar-refractivity contribution in [1.29, 1.82) is 0 Å². The number of carbonyl (C=O) groups is 1. The number of carboxylic acids is 1. The smallest absolute Gasteiger partial charge is 0.335 e. The molecule has 0 amide bonds. The van der Waals surface area contributed by atoms with Crippen LogP contribution < -0.4 is 0 Å². The van der Waals surface area contributed by atoms with Crippen LogP contribution >= 0.6 is 0 Å². The second-order valence-corrected chi connectivity index (χ2v) is 3.98. The Hall–Kier alpha value is -2.23. The van der Waals surface area contributed by atoms with Gasteiger partial charge in [0.05, 0.1) is 5.56 Å². The summed E-state index contributed by atoms with van der Waals surface area (Å²) in [6.07, 6.45) is 1.83. The number of pyridine rings is 1. The minimum Gasteiger partial charge on any atom is -0.478 e. The van der Waals surface area contributed by atoms with E-state index in [1.165, 1.54) is 12.3 Å². The standard InChI is InChI=1S/C13H8FNO2/c14-12-11-6-8-5-7(13(16)17)1-2-9(8)10(11)3-4-15-12/h1-5H,6H2,(H,16,17). The maximum Gasteiger partial charge on any atom is 0.335 e. The van der Waals surface area contributed by atoms with Gasteiger partial charge in [0.15, 0.2) is 0 Å². The minimum atomic E-state index is -0.970. The average molecular weight is 229 g/mol. The molecule has 1 aromatic heterocycles. The number of benzene rings is 1. The van der Waals surface area contributed by atoms with Gasteiger partial charge < -0.3 is 5.11 Å². The maximum absolute atomic E-state index is 13.5. The summed E-state index contributed by atoms with van der Waals surface area (Å²) in [7, 11) is 0. The molecule has 3 nitrogen and oxygen atoms in total. The molecule has 0 aliphatic heterocycles. The molecule has 0 radical (unpaired) electrons. The first-order chi connectivity index (χ1) is 8.16. The highest BCUT2D eigenvalue weighted by Crippen LogP contribution is 2.37. The van der Waals surface area contributed by atoms with Crippen LogP contribution in [0.25, 0.3) is 11.1 Å². The fraction of sp³-hybridized carbons (Fsp3) is 0.0769. The van der Waals surface area contributed by atoms with E-state index in [0.29, 0.717) is 12.0 Å². The van der Waals surface area contributed by atoms with Crippen molar-refractivity contribution in [2.24, 2.45) is 0 Å². The molecule has 2 aromatic rings. The predicted octanol–water partition coefficient (Wildman–Crippen LogP) is 2.49. The van der Waals surface area contributed by atoms with Gasteiger partial charge in [-0.1, -0.05) is 6.07 Å². The van der Waals surface area contributed by atoms with E-state index in [1.54, 1.807) is 18.2 Å². The van der Waals surface area contributed by atoms with Gasteiger partial charge >= 0.3 is 5.97 Å². The second kappa shape index (κ2) is 3.38. The average Bonchev–Trinajstić information content (AvgIpc) is 2.68. The van der Waals surface area contributed by atoms with Gasteiger partial charge in [0.2, 0.25) is 5.95 Å². The zero-order valence-corrected chi connectivity index (χ0v) is 8.77. The summed E-state index contributed by atoms with van der Waals surface area (Å²) in [6, 6.07) is 6.61. The molecule has 0 saturated carbocycles. The van der Waals surface area contributed by atoms with Crippen LogP contribution in [-0.4, -0.2) is 16.1 Å². The Morgan fingerprint density at radius 1 is 1.29 bits per heavy atom. The summed E-state index contributed by atoms with van der Waals surface area (Å²) in [6.45, 7) is 0. The van der Waals surface area contributed by atoms with Gasteiger partial charge in [-0.3, -0.25) is 0 Å². The molecule has 0 fully saturated rings. The summed E-state index contributed by atoms with van der Waals surface area (Å²) in [5.74, 6) is -1.45. The Labute approximate surface area is 96.6 Å². The summed E-state index contributed by atoms with van der Waals surface area (Å²) < 4.78 is 13.5. The second-order valence-electron chi connectivity index (χ2n) is 3.98. The molecule has 0 atom stereocenters. The Balaban J connectivity index is 2.19. The van der Waals surface area contributed by atoms with Crippen molar-refractivity contribution >= 4 is 5.97 Å². The van der Waals surface area contributed by atoms with Crippen molar-refractivity contribution in [2.45, 2.75) is 6.42 Å². The number of fused-ring (bicyclic) bond motifs is 3. The van der Waals surface area contributed by atoms with E-state index >= 15 is 0 Å². The monoisotopic (exact) mass is 229 g/mol. The van der Waals surface area contributed by atoms with Gasteiger partial charge in [-0.05, 0) is 34.9 Å². The fourth-order valence-corrected chi connectivity index (χ4v) is 2.21. The molecule has 0 saturated heterocycles. The zero-order chi connectivity index (χ0) is 12.0. The van der Waals surface area contributed by atoms with E-state index < -0.39 is 11.9 Å². The van der Waals surface area contributed by atoms with E-state index in [4.69, 9.17) is 5.11 Å². The summed E-state index contributed by atoms with van der Waals surface area (Å²) in [4.78, 5) is 14.5. The van der Waals surface area contributed by atoms with E-state index in [0.717, 1.165) is 16.7 Å². The van der Waals surface area contributed by atoms with E-state index in [2.05, 4.69) is 4.98 Å². The first-order valence-corrected chi connectivity index (χ1v) is 5.17. The molecule has 84 valence electrons. The number of aromatic nitrogens is 1. The lowest BCUT2D eigenvalue weighted by molar-refractivity contribution is 0.0697. The van der Waals surface area contributed by atoms with Crippen LogP contribution in [0.1, 0.15) is 21.5 Å². The number of hydrogen-bond acceptors (Lipinski definition) is 2. The lowest BCUT2D eigenvalue weighted by Gasteiger charge is -2.01. The number of hydrogen-bond donors (Lipinski definition) is 1.